The van der Waals surface area contributed by atoms with E-state index in [1.54, 1.807) is 11.0 Å². The number of pyridine rings is 1. The summed E-state index contributed by atoms with van der Waals surface area (Å²) in [6.07, 6.45) is 1.28. The van der Waals surface area contributed by atoms with Crippen LogP contribution in [0.2, 0.25) is 0 Å². The minimum atomic E-state index is -0.851. The topological polar surface area (TPSA) is 110 Å². The highest BCUT2D eigenvalue weighted by Crippen LogP contribution is 2.47. The van der Waals surface area contributed by atoms with E-state index in [4.69, 9.17) is 14.8 Å². The molecule has 0 radical (unpaired) electrons. The van der Waals surface area contributed by atoms with E-state index in [9.17, 15) is 19.1 Å². The van der Waals surface area contributed by atoms with Gasteiger partial charge < -0.3 is 20.1 Å². The molecule has 3 aromatic heterocycles. The van der Waals surface area contributed by atoms with Crippen LogP contribution in [-0.2, 0) is 24.4 Å². The summed E-state index contributed by atoms with van der Waals surface area (Å²) in [4.78, 5) is 31.6. The predicted octanol–water partition coefficient (Wildman–Crippen LogP) is 5.30. The largest absolute Gasteiger partial charge is 0.490 e. The van der Waals surface area contributed by atoms with Crippen molar-refractivity contribution in [3.63, 3.8) is 0 Å². The first-order valence-corrected chi connectivity index (χ1v) is 15.2. The number of hydrogen-bond acceptors (Lipinski definition) is 7. The molecule has 5 heterocycles. The summed E-state index contributed by atoms with van der Waals surface area (Å²) in [5.74, 6) is -2.07. The zero-order valence-electron chi connectivity index (χ0n) is 24.1. The van der Waals surface area contributed by atoms with E-state index in [0.29, 0.717) is 52.5 Å². The molecule has 0 spiro atoms. The van der Waals surface area contributed by atoms with Gasteiger partial charge in [0.25, 0.3) is 5.91 Å². The van der Waals surface area contributed by atoms with Gasteiger partial charge in [0.15, 0.2) is 0 Å². The highest BCUT2D eigenvalue weighted by Gasteiger charge is 2.31. The Kier molecular flexibility index (Phi) is 7.17. The molecule has 1 atom stereocenters. The summed E-state index contributed by atoms with van der Waals surface area (Å²) in [6, 6.07) is 11.0. The average molecular weight is 628 g/mol. The van der Waals surface area contributed by atoms with E-state index >= 15 is 4.39 Å². The normalized spacial score (nSPS) is 15.6. The minimum Gasteiger partial charge on any atom is -0.490 e. The fraction of sp³-hybridized carbons (Fsp3) is 0.212. The number of nitrogens with one attached hydrogen (secondary N) is 1. The standard InChI is InChI=1S/C33H27F2N5O4S/c1-3-27(42)39-16-21-13-25(38-40(21)15-17(39)2)31-29(28-24(35)11-20(34)12-26(28)44-8-7-41)32-23(6-9-45-32)30(37-31)18-4-5-22-19(10-18)14-36-33(22)43/h3-6,9-13,17,41H,1,7-8,14-16H2,2H3,(H,36,43). The van der Waals surface area contributed by atoms with Crippen molar-refractivity contribution in [2.24, 2.45) is 0 Å². The van der Waals surface area contributed by atoms with Gasteiger partial charge in [0, 0.05) is 51.5 Å². The van der Waals surface area contributed by atoms with E-state index in [0.717, 1.165) is 34.3 Å². The average Bonchev–Trinajstić information content (AvgIpc) is 3.77. The fourth-order valence-corrected chi connectivity index (χ4v) is 7.00. The van der Waals surface area contributed by atoms with Crippen molar-refractivity contribution in [2.45, 2.75) is 32.6 Å². The van der Waals surface area contributed by atoms with E-state index in [1.807, 2.05) is 41.3 Å². The van der Waals surface area contributed by atoms with Crippen LogP contribution in [-0.4, -0.2) is 55.8 Å². The van der Waals surface area contributed by atoms with Crippen molar-refractivity contribution in [3.05, 3.63) is 89.0 Å². The molecule has 0 bridgehead atoms. The van der Waals surface area contributed by atoms with Crippen LogP contribution in [0.5, 0.6) is 5.75 Å². The van der Waals surface area contributed by atoms with Crippen molar-refractivity contribution < 1.29 is 28.2 Å². The number of halogens is 2. The number of hydrogen-bond donors (Lipinski definition) is 2. The molecule has 2 aliphatic rings. The quantitative estimate of drug-likeness (QED) is 0.237. The number of carbonyl (C=O) groups excluding carboxylic acids is 2. The molecule has 2 N–H and O–H groups in total. The van der Waals surface area contributed by atoms with Gasteiger partial charge >= 0.3 is 0 Å². The van der Waals surface area contributed by atoms with Gasteiger partial charge in [-0.3, -0.25) is 14.3 Å². The third-order valence-electron chi connectivity index (χ3n) is 8.15. The van der Waals surface area contributed by atoms with E-state index in [1.165, 1.54) is 17.4 Å². The number of carbonyl (C=O) groups is 2. The number of benzene rings is 2. The zero-order valence-corrected chi connectivity index (χ0v) is 25.0. The first-order chi connectivity index (χ1) is 21.8. The molecule has 45 heavy (non-hydrogen) atoms. The smallest absolute Gasteiger partial charge is 0.251 e. The number of nitrogens with zero attached hydrogens (tertiary/aromatic N) is 4. The highest BCUT2D eigenvalue weighted by atomic mass is 32.1. The lowest BCUT2D eigenvalue weighted by Crippen LogP contribution is -2.44. The maximum absolute atomic E-state index is 15.9. The second kappa shape index (κ2) is 11.2. The molecule has 5 aromatic rings. The van der Waals surface area contributed by atoms with Gasteiger partial charge in [-0.2, -0.15) is 5.10 Å². The van der Waals surface area contributed by atoms with E-state index in [-0.39, 0.29) is 42.4 Å². The summed E-state index contributed by atoms with van der Waals surface area (Å²) >= 11 is 1.37. The molecule has 0 saturated carbocycles. The number of aliphatic hydroxyl groups is 1. The lowest BCUT2D eigenvalue weighted by molar-refractivity contribution is -0.129. The first-order valence-electron chi connectivity index (χ1n) is 14.3. The predicted molar refractivity (Wildman–Crippen MR) is 166 cm³/mol. The molecular weight excluding hydrogens is 600 g/mol. The number of thiophene rings is 1. The van der Waals surface area contributed by atoms with Crippen molar-refractivity contribution in [3.8, 4) is 39.5 Å². The van der Waals surface area contributed by atoms with Crippen molar-refractivity contribution in [1.82, 2.24) is 25.0 Å². The Morgan fingerprint density at radius 1 is 1.20 bits per heavy atom. The van der Waals surface area contributed by atoms with Crippen LogP contribution in [0.15, 0.2) is 60.5 Å². The Labute approximate surface area is 260 Å². The Bertz CT molecular complexity index is 2040. The Hall–Kier alpha value is -4.94. The van der Waals surface area contributed by atoms with Crippen molar-refractivity contribution in [2.75, 3.05) is 13.2 Å². The molecule has 0 fully saturated rings. The van der Waals surface area contributed by atoms with Crippen LogP contribution in [0, 0.1) is 11.6 Å². The molecule has 2 amide bonds. The van der Waals surface area contributed by atoms with Crippen LogP contribution in [0.4, 0.5) is 8.78 Å². The first kappa shape index (κ1) is 28.8. The molecule has 2 aliphatic heterocycles. The summed E-state index contributed by atoms with van der Waals surface area (Å²) in [6.45, 7) is 6.16. The maximum atomic E-state index is 15.9. The highest BCUT2D eigenvalue weighted by molar-refractivity contribution is 7.18. The summed E-state index contributed by atoms with van der Waals surface area (Å²) in [7, 11) is 0. The molecule has 1 unspecified atom stereocenters. The Morgan fingerprint density at radius 3 is 2.84 bits per heavy atom. The van der Waals surface area contributed by atoms with Gasteiger partial charge in [-0.05, 0) is 48.2 Å². The number of rotatable bonds is 7. The van der Waals surface area contributed by atoms with Crippen molar-refractivity contribution >= 4 is 33.2 Å². The van der Waals surface area contributed by atoms with E-state index in [2.05, 4.69) is 11.9 Å². The number of aliphatic hydroxyl groups excluding tert-OH is 1. The molecule has 2 aromatic carbocycles. The van der Waals surface area contributed by atoms with Gasteiger partial charge in [0.05, 0.1) is 36.6 Å². The van der Waals surface area contributed by atoms with Crippen LogP contribution < -0.4 is 10.1 Å². The third-order valence-corrected chi connectivity index (χ3v) is 9.09. The summed E-state index contributed by atoms with van der Waals surface area (Å²) < 4.78 is 38.5. The molecule has 9 nitrogen and oxygen atoms in total. The van der Waals surface area contributed by atoms with Crippen LogP contribution in [0.25, 0.3) is 43.9 Å². The number of aromatic nitrogens is 3. The number of ether oxygens (including phenoxy) is 1. The lowest BCUT2D eigenvalue weighted by Gasteiger charge is -2.33. The number of fused-ring (bicyclic) bond motifs is 3. The van der Waals surface area contributed by atoms with E-state index < -0.39 is 11.6 Å². The molecule has 7 rings (SSSR count). The van der Waals surface area contributed by atoms with Crippen LogP contribution in [0.3, 0.4) is 0 Å². The van der Waals surface area contributed by atoms with Gasteiger partial charge in [-0.1, -0.05) is 12.6 Å². The molecule has 12 heteroatoms. The summed E-state index contributed by atoms with van der Waals surface area (Å²) in [5, 5.41) is 19.8. The zero-order chi connectivity index (χ0) is 31.4. The van der Waals surface area contributed by atoms with Crippen LogP contribution in [0.1, 0.15) is 28.5 Å². The SMILES string of the molecule is C=CC(=O)N1Cc2cc(-c3nc(-c4ccc5c(c4)CNC5=O)c4ccsc4c3-c3c(F)cc(F)cc3OCCO)nn2CC1C. The second-order valence-electron chi connectivity index (χ2n) is 11.0. The molecule has 228 valence electrons. The lowest BCUT2D eigenvalue weighted by atomic mass is 9.95. The second-order valence-corrected chi connectivity index (χ2v) is 11.9. The third kappa shape index (κ3) is 4.86. The Morgan fingerprint density at radius 2 is 2.04 bits per heavy atom. The van der Waals surface area contributed by atoms with Gasteiger partial charge in [-0.15, -0.1) is 11.3 Å². The fourth-order valence-electron chi connectivity index (χ4n) is 6.05. The molecular formula is C33H27F2N5O4S. The number of amides is 2. The van der Waals surface area contributed by atoms with Gasteiger partial charge in [0.2, 0.25) is 5.91 Å². The molecule has 0 saturated heterocycles. The maximum Gasteiger partial charge on any atom is 0.251 e. The monoisotopic (exact) mass is 627 g/mol. The molecule has 0 aliphatic carbocycles. The van der Waals surface area contributed by atoms with Crippen molar-refractivity contribution in [1.29, 1.82) is 0 Å². The van der Waals surface area contributed by atoms with Gasteiger partial charge in [-0.25, -0.2) is 13.8 Å². The minimum absolute atomic E-state index is 0.00194. The van der Waals surface area contributed by atoms with Crippen LogP contribution >= 0.6 is 11.3 Å². The Balaban J connectivity index is 1.49. The van der Waals surface area contributed by atoms with Gasteiger partial charge in [0.1, 0.15) is 35.4 Å². The summed E-state index contributed by atoms with van der Waals surface area (Å²) in [5.41, 5.74) is 4.72.